The molecule has 2 aliphatic rings. The molecular formula is C21H29N3O3S. The number of nitrogens with zero attached hydrogens (tertiary/aromatic N) is 2. The number of nitrogens with one attached hydrogen (secondary N) is 1. The Hall–Kier alpha value is -1.54. The lowest BCUT2D eigenvalue weighted by molar-refractivity contribution is -0.0304. The monoisotopic (exact) mass is 403 g/mol. The van der Waals surface area contributed by atoms with Crippen molar-refractivity contribution in [2.24, 2.45) is 0 Å². The number of aryl methyl sites for hydroxylation is 1. The molecule has 28 heavy (non-hydrogen) atoms. The molecular weight excluding hydrogens is 374 g/mol. The highest BCUT2D eigenvalue weighted by Crippen LogP contribution is 2.39. The maximum Gasteiger partial charge on any atom is 0.243 e. The van der Waals surface area contributed by atoms with Crippen LogP contribution in [0.4, 0.5) is 0 Å². The molecule has 1 aromatic carbocycles. The van der Waals surface area contributed by atoms with Gasteiger partial charge in [-0.1, -0.05) is 25.0 Å². The number of fused-ring (bicyclic) bond motifs is 1. The fourth-order valence-electron chi connectivity index (χ4n) is 4.88. The Morgan fingerprint density at radius 2 is 1.93 bits per heavy atom. The van der Waals surface area contributed by atoms with Crippen LogP contribution < -0.4 is 4.72 Å². The number of rotatable bonds is 5. The van der Waals surface area contributed by atoms with Gasteiger partial charge in [0.05, 0.1) is 18.7 Å². The van der Waals surface area contributed by atoms with E-state index in [4.69, 9.17) is 4.74 Å². The third-order valence-electron chi connectivity index (χ3n) is 6.35. The molecule has 1 saturated carbocycles. The SMILES string of the molecule is Cc1cnc2c(S(=O)(=O)NC(C)C3(N4CCOCC4)CCCC3)cccc2c1. The maximum atomic E-state index is 13.3. The molecule has 2 heterocycles. The number of pyridine rings is 1. The van der Waals surface area contributed by atoms with Crippen LogP contribution in [0.25, 0.3) is 10.9 Å². The zero-order valence-electron chi connectivity index (χ0n) is 16.6. The van der Waals surface area contributed by atoms with Gasteiger partial charge in [-0.15, -0.1) is 0 Å². The van der Waals surface area contributed by atoms with Gasteiger partial charge in [0.2, 0.25) is 10.0 Å². The van der Waals surface area contributed by atoms with Crippen LogP contribution in [0.5, 0.6) is 0 Å². The molecule has 1 N–H and O–H groups in total. The molecule has 1 aliphatic heterocycles. The summed E-state index contributed by atoms with van der Waals surface area (Å²) in [5.41, 5.74) is 1.41. The van der Waals surface area contributed by atoms with Crippen molar-refractivity contribution in [1.82, 2.24) is 14.6 Å². The van der Waals surface area contributed by atoms with E-state index in [2.05, 4.69) is 14.6 Å². The molecule has 1 atom stereocenters. The van der Waals surface area contributed by atoms with Gasteiger partial charge < -0.3 is 4.74 Å². The number of hydrogen-bond donors (Lipinski definition) is 1. The van der Waals surface area contributed by atoms with Crippen molar-refractivity contribution in [1.29, 1.82) is 0 Å². The minimum absolute atomic E-state index is 0.133. The molecule has 0 radical (unpaired) electrons. The summed E-state index contributed by atoms with van der Waals surface area (Å²) in [5.74, 6) is 0. The van der Waals surface area contributed by atoms with Gasteiger partial charge in [0.25, 0.3) is 0 Å². The van der Waals surface area contributed by atoms with E-state index in [0.717, 1.165) is 49.7 Å². The number of hydrogen-bond acceptors (Lipinski definition) is 5. The van der Waals surface area contributed by atoms with Crippen LogP contribution in [0.15, 0.2) is 35.4 Å². The Morgan fingerprint density at radius 1 is 1.21 bits per heavy atom. The van der Waals surface area contributed by atoms with E-state index in [-0.39, 0.29) is 16.5 Å². The normalized spacial score (nSPS) is 21.8. The highest BCUT2D eigenvalue weighted by atomic mass is 32.2. The molecule has 0 amide bonds. The minimum Gasteiger partial charge on any atom is -0.379 e. The maximum absolute atomic E-state index is 13.3. The Labute approximate surface area is 167 Å². The first-order valence-electron chi connectivity index (χ1n) is 10.1. The van der Waals surface area contributed by atoms with Gasteiger partial charge in [-0.25, -0.2) is 13.1 Å². The highest BCUT2D eigenvalue weighted by Gasteiger charge is 2.45. The Morgan fingerprint density at radius 3 is 2.64 bits per heavy atom. The van der Waals surface area contributed by atoms with Crippen molar-refractivity contribution >= 4 is 20.9 Å². The standard InChI is InChI=1S/C21H29N3O3S/c1-16-14-18-6-5-7-19(20(18)22-15-16)28(25,26)23-17(2)21(8-3-4-9-21)24-10-12-27-13-11-24/h5-7,14-15,17,23H,3-4,8-13H2,1-2H3. The van der Waals surface area contributed by atoms with Crippen molar-refractivity contribution in [2.75, 3.05) is 26.3 Å². The first kappa shape index (κ1) is 19.8. The average Bonchev–Trinajstić information content (AvgIpc) is 3.19. The Balaban J connectivity index is 1.65. The second-order valence-corrected chi connectivity index (χ2v) is 9.78. The van der Waals surface area contributed by atoms with Crippen molar-refractivity contribution in [3.8, 4) is 0 Å². The lowest BCUT2D eigenvalue weighted by atomic mass is 9.87. The second kappa shape index (κ2) is 7.71. The van der Waals surface area contributed by atoms with E-state index in [1.807, 2.05) is 26.0 Å². The van der Waals surface area contributed by atoms with Gasteiger partial charge >= 0.3 is 0 Å². The van der Waals surface area contributed by atoms with E-state index >= 15 is 0 Å². The van der Waals surface area contributed by atoms with Crippen LogP contribution in [0.1, 0.15) is 38.2 Å². The summed E-state index contributed by atoms with van der Waals surface area (Å²) in [5, 5.41) is 0.847. The van der Waals surface area contributed by atoms with Gasteiger partial charge in [-0.05, 0) is 44.4 Å². The van der Waals surface area contributed by atoms with E-state index in [0.29, 0.717) is 18.7 Å². The molecule has 0 bridgehead atoms. The van der Waals surface area contributed by atoms with Crippen molar-refractivity contribution < 1.29 is 13.2 Å². The molecule has 2 fully saturated rings. The molecule has 0 spiro atoms. The minimum atomic E-state index is -3.68. The molecule has 1 aromatic heterocycles. The summed E-state index contributed by atoms with van der Waals surface area (Å²) in [4.78, 5) is 7.12. The summed E-state index contributed by atoms with van der Waals surface area (Å²) < 4.78 is 35.2. The summed E-state index contributed by atoms with van der Waals surface area (Å²) in [6.07, 6.45) is 6.03. The van der Waals surface area contributed by atoms with E-state index in [1.165, 1.54) is 0 Å². The first-order chi connectivity index (χ1) is 13.4. The highest BCUT2D eigenvalue weighted by molar-refractivity contribution is 7.89. The van der Waals surface area contributed by atoms with E-state index < -0.39 is 10.0 Å². The first-order valence-corrected chi connectivity index (χ1v) is 11.6. The van der Waals surface area contributed by atoms with Crippen LogP contribution >= 0.6 is 0 Å². The lowest BCUT2D eigenvalue weighted by Gasteiger charge is -2.47. The summed E-state index contributed by atoms with van der Waals surface area (Å²) in [6, 6.07) is 7.13. The zero-order valence-corrected chi connectivity index (χ0v) is 17.5. The van der Waals surface area contributed by atoms with E-state index in [1.54, 1.807) is 18.3 Å². The quantitative estimate of drug-likeness (QED) is 0.831. The van der Waals surface area contributed by atoms with Crippen LogP contribution in [0.2, 0.25) is 0 Å². The molecule has 4 rings (SSSR count). The number of aromatic nitrogens is 1. The number of ether oxygens (including phenoxy) is 1. The van der Waals surface area contributed by atoms with Gasteiger partial charge in [0.15, 0.2) is 0 Å². The molecule has 7 heteroatoms. The zero-order chi connectivity index (χ0) is 19.8. The number of benzene rings is 1. The predicted molar refractivity (Wildman–Crippen MR) is 110 cm³/mol. The largest absolute Gasteiger partial charge is 0.379 e. The van der Waals surface area contributed by atoms with Gasteiger partial charge in [0.1, 0.15) is 4.90 Å². The van der Waals surface area contributed by atoms with Gasteiger partial charge in [0, 0.05) is 36.3 Å². The van der Waals surface area contributed by atoms with Crippen LogP contribution in [0, 0.1) is 6.92 Å². The second-order valence-electron chi connectivity index (χ2n) is 8.09. The molecule has 1 aliphatic carbocycles. The van der Waals surface area contributed by atoms with Gasteiger partial charge in [-0.2, -0.15) is 0 Å². The summed E-state index contributed by atoms with van der Waals surface area (Å²) in [6.45, 7) is 7.13. The van der Waals surface area contributed by atoms with Gasteiger partial charge in [-0.3, -0.25) is 9.88 Å². The third kappa shape index (κ3) is 3.56. The molecule has 1 saturated heterocycles. The molecule has 152 valence electrons. The number of morpholine rings is 1. The van der Waals surface area contributed by atoms with Crippen molar-refractivity contribution in [2.45, 2.75) is 56.0 Å². The van der Waals surface area contributed by atoms with Crippen LogP contribution in [-0.4, -0.2) is 56.2 Å². The predicted octanol–water partition coefficient (Wildman–Crippen LogP) is 2.86. The fraction of sp³-hybridized carbons (Fsp3) is 0.571. The molecule has 2 aromatic rings. The Bertz CT molecular complexity index is 949. The van der Waals surface area contributed by atoms with Crippen molar-refractivity contribution in [3.63, 3.8) is 0 Å². The molecule has 6 nitrogen and oxygen atoms in total. The number of para-hydroxylation sites is 1. The lowest BCUT2D eigenvalue weighted by Crippen LogP contribution is -2.62. The van der Waals surface area contributed by atoms with Crippen LogP contribution in [-0.2, 0) is 14.8 Å². The summed E-state index contributed by atoms with van der Waals surface area (Å²) >= 11 is 0. The summed E-state index contributed by atoms with van der Waals surface area (Å²) in [7, 11) is -3.68. The average molecular weight is 404 g/mol. The smallest absolute Gasteiger partial charge is 0.243 e. The topological polar surface area (TPSA) is 71.5 Å². The Kier molecular flexibility index (Phi) is 5.44. The fourth-order valence-corrected chi connectivity index (χ4v) is 6.38. The van der Waals surface area contributed by atoms with Crippen LogP contribution in [0.3, 0.4) is 0 Å². The third-order valence-corrected chi connectivity index (χ3v) is 7.92. The molecule has 1 unspecified atom stereocenters. The van der Waals surface area contributed by atoms with E-state index in [9.17, 15) is 8.42 Å². The number of sulfonamides is 1. The van der Waals surface area contributed by atoms with Crippen molar-refractivity contribution in [3.05, 3.63) is 36.0 Å².